The Bertz CT molecular complexity index is 1360. The second kappa shape index (κ2) is 10.3. The van der Waals surface area contributed by atoms with Gasteiger partial charge in [-0.25, -0.2) is 0 Å². The molecule has 0 aromatic heterocycles. The number of ether oxygens (including phenoxy) is 2. The quantitative estimate of drug-likeness (QED) is 0.200. The number of aliphatic hydroxyl groups excluding tert-OH is 1. The van der Waals surface area contributed by atoms with Crippen molar-refractivity contribution in [3.8, 4) is 11.5 Å². The summed E-state index contributed by atoms with van der Waals surface area (Å²) in [5, 5.41) is 11.4. The minimum atomic E-state index is -0.722. The Balaban J connectivity index is 1.54. The molecule has 5 rings (SSSR count). The highest BCUT2D eigenvalue weighted by Gasteiger charge is 2.46. The highest BCUT2D eigenvalue weighted by Crippen LogP contribution is 2.41. The summed E-state index contributed by atoms with van der Waals surface area (Å²) in [6, 6.07) is 21.7. The van der Waals surface area contributed by atoms with Gasteiger partial charge < -0.3 is 19.5 Å². The van der Waals surface area contributed by atoms with Gasteiger partial charge in [0.2, 0.25) is 0 Å². The van der Waals surface area contributed by atoms with E-state index in [0.29, 0.717) is 30.9 Å². The van der Waals surface area contributed by atoms with Crippen LogP contribution in [0.1, 0.15) is 35.2 Å². The fourth-order valence-corrected chi connectivity index (χ4v) is 4.98. The molecule has 188 valence electrons. The van der Waals surface area contributed by atoms with Crippen LogP contribution in [0.2, 0.25) is 0 Å². The number of ketones is 1. The van der Waals surface area contributed by atoms with E-state index in [1.165, 1.54) is 0 Å². The molecule has 2 aliphatic rings. The van der Waals surface area contributed by atoms with Crippen molar-refractivity contribution in [2.75, 3.05) is 13.2 Å². The number of rotatable bonds is 8. The lowest BCUT2D eigenvalue weighted by atomic mass is 9.94. The summed E-state index contributed by atoms with van der Waals surface area (Å²) < 4.78 is 11.4. The molecule has 3 aromatic carbocycles. The number of carbonyl (C=O) groups excluding carboxylic acids is 2. The van der Waals surface area contributed by atoms with Gasteiger partial charge in [0.1, 0.15) is 30.0 Å². The van der Waals surface area contributed by atoms with E-state index in [-0.39, 0.29) is 17.4 Å². The van der Waals surface area contributed by atoms with Crippen molar-refractivity contribution >= 4 is 17.4 Å². The fraction of sp³-hybridized carbons (Fsp3) is 0.226. The Morgan fingerprint density at radius 3 is 2.59 bits per heavy atom. The minimum Gasteiger partial charge on any atom is -0.507 e. The topological polar surface area (TPSA) is 76.1 Å². The molecule has 0 saturated carbocycles. The standard InChI is InChI=1S/C31H29NO5/c1-3-17-36-25-12-9-22(10-13-25)28-27(29(33)23-11-14-26-24(19-23)18-20(2)37-26)30(34)31(35)32(28)16-15-21-7-5-4-6-8-21/h3-14,19-20,28,33H,1,15-18H2,2H3/b29-27+/t20-,28+/m0/s1. The van der Waals surface area contributed by atoms with Gasteiger partial charge in [0.05, 0.1) is 11.6 Å². The third-order valence-electron chi connectivity index (χ3n) is 6.76. The summed E-state index contributed by atoms with van der Waals surface area (Å²) >= 11 is 0. The minimum absolute atomic E-state index is 0.0535. The third-order valence-corrected chi connectivity index (χ3v) is 6.76. The highest BCUT2D eigenvalue weighted by molar-refractivity contribution is 6.46. The first kappa shape index (κ1) is 24.4. The van der Waals surface area contributed by atoms with Crippen molar-refractivity contribution < 1.29 is 24.2 Å². The number of fused-ring (bicyclic) bond motifs is 1. The smallest absolute Gasteiger partial charge is 0.295 e. The van der Waals surface area contributed by atoms with E-state index in [2.05, 4.69) is 6.58 Å². The second-order valence-corrected chi connectivity index (χ2v) is 9.35. The van der Waals surface area contributed by atoms with Crippen molar-refractivity contribution in [2.45, 2.75) is 31.9 Å². The van der Waals surface area contributed by atoms with Gasteiger partial charge in [0, 0.05) is 18.5 Å². The van der Waals surface area contributed by atoms with E-state index in [0.717, 1.165) is 28.9 Å². The molecule has 0 bridgehead atoms. The molecule has 6 heteroatoms. The van der Waals surface area contributed by atoms with Gasteiger partial charge in [0.25, 0.3) is 11.7 Å². The zero-order chi connectivity index (χ0) is 25.9. The molecule has 3 aromatic rings. The van der Waals surface area contributed by atoms with Gasteiger partial charge in [-0.05, 0) is 60.4 Å². The van der Waals surface area contributed by atoms with Gasteiger partial charge in [0.15, 0.2) is 0 Å². The molecule has 0 radical (unpaired) electrons. The largest absolute Gasteiger partial charge is 0.507 e. The number of likely N-dealkylation sites (tertiary alicyclic amines) is 1. The van der Waals surface area contributed by atoms with Gasteiger partial charge in [-0.15, -0.1) is 0 Å². The Hall–Kier alpha value is -4.32. The molecule has 0 aliphatic carbocycles. The molecule has 0 spiro atoms. The lowest BCUT2D eigenvalue weighted by molar-refractivity contribution is -0.139. The Labute approximate surface area is 216 Å². The summed E-state index contributed by atoms with van der Waals surface area (Å²) in [5.74, 6) is -0.0585. The van der Waals surface area contributed by atoms with Gasteiger partial charge in [-0.1, -0.05) is 55.1 Å². The van der Waals surface area contributed by atoms with Crippen LogP contribution in [0, 0.1) is 0 Å². The number of hydrogen-bond donors (Lipinski definition) is 1. The second-order valence-electron chi connectivity index (χ2n) is 9.35. The average Bonchev–Trinajstić information content (AvgIpc) is 3.42. The summed E-state index contributed by atoms with van der Waals surface area (Å²) in [4.78, 5) is 28.2. The lowest BCUT2D eigenvalue weighted by Gasteiger charge is -2.25. The maximum absolute atomic E-state index is 13.4. The molecule has 37 heavy (non-hydrogen) atoms. The number of benzene rings is 3. The molecule has 1 saturated heterocycles. The number of carbonyl (C=O) groups is 2. The van der Waals surface area contributed by atoms with Crippen LogP contribution < -0.4 is 9.47 Å². The number of Topliss-reactive ketones (excluding diaryl/α,β-unsaturated/α-hetero) is 1. The van der Waals surface area contributed by atoms with Crippen LogP contribution in [0.5, 0.6) is 11.5 Å². The Morgan fingerprint density at radius 1 is 1.11 bits per heavy atom. The van der Waals surface area contributed by atoms with Crippen LogP contribution in [0.25, 0.3) is 5.76 Å². The van der Waals surface area contributed by atoms with Gasteiger partial charge >= 0.3 is 0 Å². The molecule has 2 atom stereocenters. The van der Waals surface area contributed by atoms with Crippen LogP contribution >= 0.6 is 0 Å². The van der Waals surface area contributed by atoms with Crippen LogP contribution in [-0.2, 0) is 22.4 Å². The molecule has 1 fully saturated rings. The fourth-order valence-electron chi connectivity index (χ4n) is 4.98. The maximum atomic E-state index is 13.4. The van der Waals surface area contributed by atoms with E-state index in [1.54, 1.807) is 35.2 Å². The molecular formula is C31H29NO5. The molecule has 0 unspecified atom stereocenters. The number of amides is 1. The monoisotopic (exact) mass is 495 g/mol. The Morgan fingerprint density at radius 2 is 1.86 bits per heavy atom. The van der Waals surface area contributed by atoms with E-state index in [9.17, 15) is 14.7 Å². The normalized spacial score (nSPS) is 20.0. The van der Waals surface area contributed by atoms with E-state index in [4.69, 9.17) is 9.47 Å². The van der Waals surface area contributed by atoms with Crippen LogP contribution in [0.4, 0.5) is 0 Å². The van der Waals surface area contributed by atoms with Crippen molar-refractivity contribution in [1.29, 1.82) is 0 Å². The van der Waals surface area contributed by atoms with Crippen molar-refractivity contribution in [2.24, 2.45) is 0 Å². The molecule has 2 heterocycles. The lowest BCUT2D eigenvalue weighted by Crippen LogP contribution is -2.31. The highest BCUT2D eigenvalue weighted by atomic mass is 16.5. The average molecular weight is 496 g/mol. The van der Waals surface area contributed by atoms with E-state index < -0.39 is 17.7 Å². The van der Waals surface area contributed by atoms with Crippen LogP contribution in [-0.4, -0.2) is 41.0 Å². The Kier molecular flexibility index (Phi) is 6.82. The SMILES string of the molecule is C=CCOc1ccc([C@@H]2/C(=C(\O)c3ccc4c(c3)C[C@H](C)O4)C(=O)C(=O)N2CCc2ccccc2)cc1. The maximum Gasteiger partial charge on any atom is 0.295 e. The predicted molar refractivity (Wildman–Crippen MR) is 142 cm³/mol. The van der Waals surface area contributed by atoms with Crippen molar-refractivity contribution in [1.82, 2.24) is 4.90 Å². The summed E-state index contributed by atoms with van der Waals surface area (Å²) in [6.07, 6.45) is 3.02. The van der Waals surface area contributed by atoms with E-state index >= 15 is 0 Å². The van der Waals surface area contributed by atoms with Gasteiger partial charge in [-0.3, -0.25) is 9.59 Å². The summed E-state index contributed by atoms with van der Waals surface area (Å²) in [6.45, 7) is 6.35. The van der Waals surface area contributed by atoms with Crippen molar-refractivity contribution in [3.63, 3.8) is 0 Å². The van der Waals surface area contributed by atoms with E-state index in [1.807, 2.05) is 55.5 Å². The zero-order valence-corrected chi connectivity index (χ0v) is 20.7. The number of hydrogen-bond acceptors (Lipinski definition) is 5. The molecule has 2 aliphatic heterocycles. The summed E-state index contributed by atoms with van der Waals surface area (Å²) in [7, 11) is 0. The first-order valence-electron chi connectivity index (χ1n) is 12.4. The summed E-state index contributed by atoms with van der Waals surface area (Å²) in [5.41, 5.74) is 3.33. The first-order valence-corrected chi connectivity index (χ1v) is 12.4. The van der Waals surface area contributed by atoms with Crippen LogP contribution in [0.3, 0.4) is 0 Å². The zero-order valence-electron chi connectivity index (χ0n) is 20.7. The predicted octanol–water partition coefficient (Wildman–Crippen LogP) is 5.24. The molecular weight excluding hydrogens is 466 g/mol. The molecule has 1 N–H and O–H groups in total. The number of nitrogens with zero attached hydrogens (tertiary/aromatic N) is 1. The first-order chi connectivity index (χ1) is 18.0. The third kappa shape index (κ3) is 4.87. The molecule has 6 nitrogen and oxygen atoms in total. The van der Waals surface area contributed by atoms with Crippen molar-refractivity contribution in [3.05, 3.63) is 113 Å². The number of aliphatic hydroxyl groups is 1. The molecule has 1 amide bonds. The van der Waals surface area contributed by atoms with Crippen LogP contribution in [0.15, 0.2) is 91.0 Å². The van der Waals surface area contributed by atoms with Gasteiger partial charge in [-0.2, -0.15) is 0 Å².